The summed E-state index contributed by atoms with van der Waals surface area (Å²) in [7, 11) is 0. The van der Waals surface area contributed by atoms with E-state index < -0.39 is 0 Å². The highest BCUT2D eigenvalue weighted by Crippen LogP contribution is 2.14. The minimum atomic E-state index is 0.185. The maximum Gasteiger partial charge on any atom is 0.0991 e. The molecule has 20 heavy (non-hydrogen) atoms. The lowest BCUT2D eigenvalue weighted by atomic mass is 10.0. The molecule has 0 aliphatic carbocycles. The van der Waals surface area contributed by atoms with E-state index in [-0.39, 0.29) is 12.6 Å². The Morgan fingerprint density at radius 3 is 2.55 bits per heavy atom. The van der Waals surface area contributed by atoms with Crippen LogP contribution in [0.3, 0.4) is 0 Å². The molecule has 2 N–H and O–H groups in total. The first-order valence-electron chi connectivity index (χ1n) is 7.29. The molecular formula is C16H23N3O. The zero-order chi connectivity index (χ0) is 14.4. The molecule has 1 aromatic carbocycles. The number of hydrogen-bond acceptors (Lipinski definition) is 4. The average molecular weight is 273 g/mol. The van der Waals surface area contributed by atoms with Gasteiger partial charge in [-0.15, -0.1) is 0 Å². The second-order valence-corrected chi connectivity index (χ2v) is 5.61. The van der Waals surface area contributed by atoms with Gasteiger partial charge in [-0.05, 0) is 50.6 Å². The van der Waals surface area contributed by atoms with Crippen molar-refractivity contribution in [2.24, 2.45) is 0 Å². The van der Waals surface area contributed by atoms with E-state index in [9.17, 15) is 0 Å². The Kier molecular flexibility index (Phi) is 5.54. The summed E-state index contributed by atoms with van der Waals surface area (Å²) in [4.78, 5) is 2.45. The van der Waals surface area contributed by atoms with Gasteiger partial charge in [0, 0.05) is 18.6 Å². The molecule has 1 fully saturated rings. The Labute approximate surface area is 121 Å². The van der Waals surface area contributed by atoms with Gasteiger partial charge in [0.25, 0.3) is 0 Å². The van der Waals surface area contributed by atoms with Crippen LogP contribution in [0, 0.1) is 11.3 Å². The van der Waals surface area contributed by atoms with Gasteiger partial charge in [0.2, 0.25) is 0 Å². The van der Waals surface area contributed by atoms with Gasteiger partial charge in [-0.3, -0.25) is 4.90 Å². The topological polar surface area (TPSA) is 59.3 Å². The fourth-order valence-electron chi connectivity index (χ4n) is 2.66. The smallest absolute Gasteiger partial charge is 0.0991 e. The summed E-state index contributed by atoms with van der Waals surface area (Å²) in [5.74, 6) is 0. The first-order chi connectivity index (χ1) is 9.71. The van der Waals surface area contributed by atoms with Crippen LogP contribution in [-0.4, -0.2) is 41.8 Å². The van der Waals surface area contributed by atoms with E-state index in [1.165, 1.54) is 5.56 Å². The molecule has 0 amide bonds. The van der Waals surface area contributed by atoms with Crippen LogP contribution >= 0.6 is 0 Å². The summed E-state index contributed by atoms with van der Waals surface area (Å²) in [5, 5.41) is 21.3. The van der Waals surface area contributed by atoms with Crippen molar-refractivity contribution in [1.29, 1.82) is 5.26 Å². The minimum absolute atomic E-state index is 0.185. The van der Waals surface area contributed by atoms with Gasteiger partial charge in [0.1, 0.15) is 0 Å². The van der Waals surface area contributed by atoms with Crippen molar-refractivity contribution in [3.8, 4) is 6.07 Å². The predicted molar refractivity (Wildman–Crippen MR) is 79.1 cm³/mol. The first kappa shape index (κ1) is 15.0. The van der Waals surface area contributed by atoms with Crippen molar-refractivity contribution < 1.29 is 5.11 Å². The monoisotopic (exact) mass is 273 g/mol. The van der Waals surface area contributed by atoms with Crippen molar-refractivity contribution in [3.63, 3.8) is 0 Å². The molecule has 0 spiro atoms. The summed E-state index contributed by atoms with van der Waals surface area (Å²) < 4.78 is 0. The van der Waals surface area contributed by atoms with E-state index in [4.69, 9.17) is 10.4 Å². The highest BCUT2D eigenvalue weighted by Gasteiger charge is 2.20. The third-order valence-electron chi connectivity index (χ3n) is 3.87. The number of aliphatic hydroxyl groups excluding tert-OH is 1. The number of piperidine rings is 1. The van der Waals surface area contributed by atoms with Crippen molar-refractivity contribution in [2.45, 2.75) is 38.4 Å². The third-order valence-corrected chi connectivity index (χ3v) is 3.87. The van der Waals surface area contributed by atoms with Gasteiger partial charge >= 0.3 is 0 Å². The van der Waals surface area contributed by atoms with Crippen LogP contribution in [0.5, 0.6) is 0 Å². The predicted octanol–water partition coefficient (Wildman–Crippen LogP) is 1.49. The lowest BCUT2D eigenvalue weighted by Gasteiger charge is -2.33. The molecule has 1 atom stereocenters. The quantitative estimate of drug-likeness (QED) is 0.853. The fraction of sp³-hybridized carbons (Fsp3) is 0.562. The largest absolute Gasteiger partial charge is 0.395 e. The molecule has 0 aromatic heterocycles. The normalized spacial score (nSPS) is 18.6. The number of benzene rings is 1. The Balaban J connectivity index is 1.77. The highest BCUT2D eigenvalue weighted by molar-refractivity contribution is 5.31. The Hall–Kier alpha value is -1.41. The van der Waals surface area contributed by atoms with Gasteiger partial charge < -0.3 is 10.4 Å². The number of nitrogens with zero attached hydrogens (tertiary/aromatic N) is 2. The minimum Gasteiger partial charge on any atom is -0.395 e. The summed E-state index contributed by atoms with van der Waals surface area (Å²) >= 11 is 0. The number of nitrogens with one attached hydrogen (secondary N) is 1. The SMILES string of the molecule is C[C@H](CO)NC1CCN(Cc2ccc(C#N)cc2)CC1. The Morgan fingerprint density at radius 2 is 2.00 bits per heavy atom. The molecule has 1 aliphatic heterocycles. The molecule has 0 saturated carbocycles. The van der Waals surface area contributed by atoms with Crippen molar-refractivity contribution >= 4 is 0 Å². The number of rotatable bonds is 5. The third kappa shape index (κ3) is 4.31. The second-order valence-electron chi connectivity index (χ2n) is 5.61. The van der Waals surface area contributed by atoms with E-state index in [1.54, 1.807) is 0 Å². The van der Waals surface area contributed by atoms with E-state index in [0.717, 1.165) is 38.0 Å². The standard InChI is InChI=1S/C16H23N3O/c1-13(12-20)18-16-6-8-19(9-7-16)11-15-4-2-14(10-17)3-5-15/h2-5,13,16,18,20H,6-9,11-12H2,1H3/t13-/m1/s1. The van der Waals surface area contributed by atoms with Crippen LogP contribution in [0.15, 0.2) is 24.3 Å². The number of nitriles is 1. The Bertz CT molecular complexity index is 444. The molecule has 0 bridgehead atoms. The van der Waals surface area contributed by atoms with E-state index in [2.05, 4.69) is 16.3 Å². The highest BCUT2D eigenvalue weighted by atomic mass is 16.3. The zero-order valence-electron chi connectivity index (χ0n) is 12.0. The van der Waals surface area contributed by atoms with Crippen molar-refractivity contribution in [3.05, 3.63) is 35.4 Å². The summed E-state index contributed by atoms with van der Waals surface area (Å²) in [6.07, 6.45) is 2.25. The number of hydrogen-bond donors (Lipinski definition) is 2. The van der Waals surface area contributed by atoms with Gasteiger partial charge in [-0.2, -0.15) is 5.26 Å². The lowest BCUT2D eigenvalue weighted by Crippen LogP contribution is -2.46. The summed E-state index contributed by atoms with van der Waals surface area (Å²) in [6.45, 7) is 5.33. The van der Waals surface area contributed by atoms with Crippen molar-refractivity contribution in [2.75, 3.05) is 19.7 Å². The number of aliphatic hydroxyl groups is 1. The molecule has 4 heteroatoms. The molecule has 1 saturated heterocycles. The maximum absolute atomic E-state index is 9.06. The molecular weight excluding hydrogens is 250 g/mol. The van der Waals surface area contributed by atoms with Crippen LogP contribution < -0.4 is 5.32 Å². The van der Waals surface area contributed by atoms with Crippen LogP contribution in [0.4, 0.5) is 0 Å². The van der Waals surface area contributed by atoms with E-state index >= 15 is 0 Å². The van der Waals surface area contributed by atoms with Gasteiger partial charge in [0.05, 0.1) is 18.2 Å². The van der Waals surface area contributed by atoms with Gasteiger partial charge in [-0.25, -0.2) is 0 Å². The first-order valence-corrected chi connectivity index (χ1v) is 7.29. The van der Waals surface area contributed by atoms with Gasteiger partial charge in [-0.1, -0.05) is 12.1 Å². The summed E-state index contributed by atoms with van der Waals surface area (Å²) in [5.41, 5.74) is 1.98. The van der Waals surface area contributed by atoms with Crippen LogP contribution in [0.2, 0.25) is 0 Å². The van der Waals surface area contributed by atoms with E-state index in [0.29, 0.717) is 6.04 Å². The molecule has 4 nitrogen and oxygen atoms in total. The maximum atomic E-state index is 9.06. The molecule has 1 aliphatic rings. The molecule has 0 radical (unpaired) electrons. The molecule has 108 valence electrons. The molecule has 1 heterocycles. The molecule has 0 unspecified atom stereocenters. The molecule has 2 rings (SSSR count). The Morgan fingerprint density at radius 1 is 1.35 bits per heavy atom. The van der Waals surface area contributed by atoms with Gasteiger partial charge in [0.15, 0.2) is 0 Å². The van der Waals surface area contributed by atoms with E-state index in [1.807, 2.05) is 31.2 Å². The van der Waals surface area contributed by atoms with Crippen LogP contribution in [0.25, 0.3) is 0 Å². The fourth-order valence-corrected chi connectivity index (χ4v) is 2.66. The molecule has 1 aromatic rings. The second kappa shape index (κ2) is 7.39. The van der Waals surface area contributed by atoms with Crippen molar-refractivity contribution in [1.82, 2.24) is 10.2 Å². The number of likely N-dealkylation sites (tertiary alicyclic amines) is 1. The lowest BCUT2D eigenvalue weighted by molar-refractivity contribution is 0.170. The zero-order valence-corrected chi connectivity index (χ0v) is 12.0. The van der Waals surface area contributed by atoms with Crippen LogP contribution in [0.1, 0.15) is 30.9 Å². The van der Waals surface area contributed by atoms with Crippen LogP contribution in [-0.2, 0) is 6.54 Å². The summed E-state index contributed by atoms with van der Waals surface area (Å²) in [6, 6.07) is 10.7. The average Bonchev–Trinajstić information content (AvgIpc) is 2.50.